The van der Waals surface area contributed by atoms with Gasteiger partial charge in [-0.15, -0.1) is 0 Å². The van der Waals surface area contributed by atoms with Crippen LogP contribution in [0.4, 0.5) is 0 Å². The molecule has 0 amide bonds. The second kappa shape index (κ2) is 4.72. The average Bonchev–Trinajstić information content (AvgIpc) is 2.75. The van der Waals surface area contributed by atoms with Crippen LogP contribution in [0.1, 0.15) is 59.8 Å². The lowest BCUT2D eigenvalue weighted by Gasteiger charge is -2.60. The van der Waals surface area contributed by atoms with Gasteiger partial charge in [0.25, 0.3) is 0 Å². The van der Waals surface area contributed by atoms with Crippen LogP contribution in [0.25, 0.3) is 0 Å². The summed E-state index contributed by atoms with van der Waals surface area (Å²) >= 11 is 0. The van der Waals surface area contributed by atoms with E-state index in [9.17, 15) is 9.90 Å². The zero-order valence-corrected chi connectivity index (χ0v) is 14.7. The van der Waals surface area contributed by atoms with E-state index in [2.05, 4.69) is 26.8 Å². The zero-order chi connectivity index (χ0) is 16.6. The number of carbonyl (C=O) groups excluding carboxylic acids is 1. The summed E-state index contributed by atoms with van der Waals surface area (Å²) < 4.78 is 5.60. The first-order valence-electron chi connectivity index (χ1n) is 9.05. The lowest BCUT2D eigenvalue weighted by Crippen LogP contribution is -2.54. The third kappa shape index (κ3) is 2.02. The third-order valence-electron chi connectivity index (χ3n) is 7.43. The molecule has 2 fully saturated rings. The van der Waals surface area contributed by atoms with E-state index in [1.165, 1.54) is 19.3 Å². The van der Waals surface area contributed by atoms with Gasteiger partial charge in [0.05, 0.1) is 6.10 Å². The molecular formula is C20H28O3. The van der Waals surface area contributed by atoms with Gasteiger partial charge in [-0.2, -0.15) is 0 Å². The Morgan fingerprint density at radius 2 is 1.96 bits per heavy atom. The number of carbonyl (C=O) groups is 1. The minimum absolute atomic E-state index is 0.0935. The minimum Gasteiger partial charge on any atom is -0.454 e. The topological polar surface area (TPSA) is 46.5 Å². The lowest BCUT2D eigenvalue weighted by atomic mass is 9.45. The van der Waals surface area contributed by atoms with Crippen molar-refractivity contribution in [2.75, 3.05) is 0 Å². The van der Waals surface area contributed by atoms with E-state index < -0.39 is 0 Å². The fourth-order valence-corrected chi connectivity index (χ4v) is 6.16. The molecule has 1 aliphatic heterocycles. The summed E-state index contributed by atoms with van der Waals surface area (Å²) in [6.45, 7) is 8.99. The van der Waals surface area contributed by atoms with Crippen LogP contribution in [0, 0.1) is 22.7 Å². The van der Waals surface area contributed by atoms with E-state index in [0.29, 0.717) is 11.8 Å². The van der Waals surface area contributed by atoms with E-state index in [4.69, 9.17) is 4.74 Å². The molecule has 4 aliphatic rings. The maximum absolute atomic E-state index is 11.9. The normalized spacial score (nSPS) is 44.9. The fraction of sp³-hybridized carbons (Fsp3) is 0.750. The van der Waals surface area contributed by atoms with Gasteiger partial charge in [0.1, 0.15) is 6.10 Å². The van der Waals surface area contributed by atoms with Crippen LogP contribution in [0.2, 0.25) is 0 Å². The van der Waals surface area contributed by atoms with E-state index in [1.54, 1.807) is 0 Å². The minimum atomic E-state index is -0.368. The molecule has 0 aromatic carbocycles. The van der Waals surface area contributed by atoms with Crippen molar-refractivity contribution < 1.29 is 14.6 Å². The Kier molecular flexibility index (Phi) is 3.17. The highest BCUT2D eigenvalue weighted by atomic mass is 16.5. The van der Waals surface area contributed by atoms with Crippen LogP contribution in [-0.2, 0) is 9.53 Å². The Morgan fingerprint density at radius 3 is 2.70 bits per heavy atom. The van der Waals surface area contributed by atoms with Crippen LogP contribution in [0.15, 0.2) is 22.8 Å². The van der Waals surface area contributed by atoms with Gasteiger partial charge in [-0.1, -0.05) is 33.3 Å². The number of fused-ring (bicyclic) bond motifs is 4. The van der Waals surface area contributed by atoms with Crippen LogP contribution in [-0.4, -0.2) is 23.3 Å². The van der Waals surface area contributed by atoms with E-state index in [1.807, 2.05) is 6.92 Å². The maximum atomic E-state index is 11.9. The number of rotatable bonds is 0. The van der Waals surface area contributed by atoms with Crippen molar-refractivity contribution in [1.29, 1.82) is 0 Å². The number of aliphatic hydroxyl groups is 1. The van der Waals surface area contributed by atoms with Gasteiger partial charge >= 0.3 is 5.97 Å². The van der Waals surface area contributed by atoms with Gasteiger partial charge in [-0.25, -0.2) is 4.79 Å². The molecule has 126 valence electrons. The molecule has 4 rings (SSSR count). The molecule has 0 bridgehead atoms. The molecule has 3 aliphatic carbocycles. The number of hydrogen-bond donors (Lipinski definition) is 1. The molecule has 5 atom stereocenters. The predicted molar refractivity (Wildman–Crippen MR) is 88.6 cm³/mol. The highest BCUT2D eigenvalue weighted by Crippen LogP contribution is 2.63. The van der Waals surface area contributed by atoms with Gasteiger partial charge in [-0.3, -0.25) is 0 Å². The van der Waals surface area contributed by atoms with Crippen LogP contribution < -0.4 is 0 Å². The number of hydrogen-bond acceptors (Lipinski definition) is 3. The Hall–Kier alpha value is -1.09. The molecule has 3 heteroatoms. The van der Waals surface area contributed by atoms with Crippen molar-refractivity contribution >= 4 is 5.97 Å². The van der Waals surface area contributed by atoms with Gasteiger partial charge in [0.15, 0.2) is 0 Å². The number of esters is 1. The number of aliphatic hydroxyl groups excluding tert-OH is 1. The predicted octanol–water partition coefficient (Wildman–Crippen LogP) is 3.77. The highest BCUT2D eigenvalue weighted by molar-refractivity contribution is 5.92. The number of ether oxygens (including phenoxy) is 1. The summed E-state index contributed by atoms with van der Waals surface area (Å²) in [6, 6.07) is 0. The molecule has 23 heavy (non-hydrogen) atoms. The summed E-state index contributed by atoms with van der Waals surface area (Å²) in [6.07, 6.45) is 7.07. The second-order valence-corrected chi connectivity index (χ2v) is 9.06. The highest BCUT2D eigenvalue weighted by Gasteiger charge is 2.57. The van der Waals surface area contributed by atoms with Gasteiger partial charge < -0.3 is 9.84 Å². The maximum Gasteiger partial charge on any atom is 0.334 e. The summed E-state index contributed by atoms with van der Waals surface area (Å²) in [5, 5.41) is 10.8. The van der Waals surface area contributed by atoms with Crippen molar-refractivity contribution in [3.63, 3.8) is 0 Å². The molecule has 0 spiro atoms. The second-order valence-electron chi connectivity index (χ2n) is 9.06. The van der Waals surface area contributed by atoms with Crippen LogP contribution >= 0.6 is 0 Å². The van der Waals surface area contributed by atoms with Gasteiger partial charge in [-0.05, 0) is 60.8 Å². The molecule has 1 N–H and O–H groups in total. The van der Waals surface area contributed by atoms with Crippen molar-refractivity contribution in [3.8, 4) is 0 Å². The van der Waals surface area contributed by atoms with E-state index >= 15 is 0 Å². The largest absolute Gasteiger partial charge is 0.454 e. The van der Waals surface area contributed by atoms with E-state index in [0.717, 1.165) is 29.6 Å². The molecule has 0 aromatic heterocycles. The first-order chi connectivity index (χ1) is 10.7. The van der Waals surface area contributed by atoms with Gasteiger partial charge in [0, 0.05) is 11.1 Å². The SMILES string of the molecule is CC1=C2C=C3C(O)CC4C(C)(C)CCCC4(C)C3CC2OC1=O. The van der Waals surface area contributed by atoms with Crippen LogP contribution in [0.5, 0.6) is 0 Å². The summed E-state index contributed by atoms with van der Waals surface area (Å²) in [4.78, 5) is 11.9. The molecular weight excluding hydrogens is 288 g/mol. The van der Waals surface area contributed by atoms with Crippen molar-refractivity contribution in [2.45, 2.75) is 72.0 Å². The molecule has 3 nitrogen and oxygen atoms in total. The average molecular weight is 316 g/mol. The molecule has 1 heterocycles. The van der Waals surface area contributed by atoms with Gasteiger partial charge in [0.2, 0.25) is 0 Å². The smallest absolute Gasteiger partial charge is 0.334 e. The zero-order valence-electron chi connectivity index (χ0n) is 14.7. The molecule has 0 radical (unpaired) electrons. The monoisotopic (exact) mass is 316 g/mol. The summed E-state index contributed by atoms with van der Waals surface area (Å²) in [5.74, 6) is 0.688. The summed E-state index contributed by atoms with van der Waals surface area (Å²) in [5.41, 5.74) is 3.38. The van der Waals surface area contributed by atoms with Crippen LogP contribution in [0.3, 0.4) is 0 Å². The standard InChI is InChI=1S/C20H28O3/c1-11-12-8-13-14(9-16(12)23-18(11)22)20(4)7-5-6-19(2,3)17(20)10-15(13)21/h8,14-17,21H,5-7,9-10H2,1-4H3. The van der Waals surface area contributed by atoms with Crippen molar-refractivity contribution in [2.24, 2.45) is 22.7 Å². The Morgan fingerprint density at radius 1 is 1.22 bits per heavy atom. The fourth-order valence-electron chi connectivity index (χ4n) is 6.16. The van der Waals surface area contributed by atoms with E-state index in [-0.39, 0.29) is 29.0 Å². The lowest BCUT2D eigenvalue weighted by molar-refractivity contribution is -0.142. The molecule has 0 aromatic rings. The third-order valence-corrected chi connectivity index (χ3v) is 7.43. The Bertz CT molecular complexity index is 627. The first-order valence-corrected chi connectivity index (χ1v) is 9.05. The molecule has 2 saturated carbocycles. The quantitative estimate of drug-likeness (QED) is 0.692. The Labute approximate surface area is 138 Å². The first kappa shape index (κ1) is 15.4. The van der Waals surface area contributed by atoms with Crippen molar-refractivity contribution in [1.82, 2.24) is 0 Å². The summed E-state index contributed by atoms with van der Waals surface area (Å²) in [7, 11) is 0. The Balaban J connectivity index is 1.79. The molecule has 0 saturated heterocycles. The molecule has 5 unspecified atom stereocenters. The van der Waals surface area contributed by atoms with Crippen molar-refractivity contribution in [3.05, 3.63) is 22.8 Å².